The lowest BCUT2D eigenvalue weighted by Crippen LogP contribution is -2.32. The molecule has 0 aliphatic carbocycles. The van der Waals surface area contributed by atoms with Gasteiger partial charge in [0, 0.05) is 31.5 Å². The number of carbonyl (C=O) groups excluding carboxylic acids is 1. The molecule has 0 atom stereocenters. The minimum absolute atomic E-state index is 0.169. The van der Waals surface area contributed by atoms with Gasteiger partial charge in [-0.1, -0.05) is 12.1 Å². The summed E-state index contributed by atoms with van der Waals surface area (Å²) in [6.45, 7) is 3.41. The van der Waals surface area contributed by atoms with Crippen LogP contribution in [-0.4, -0.2) is 49.1 Å². The number of hydrogen-bond acceptors (Lipinski definition) is 6. The fraction of sp³-hybridized carbons (Fsp3) is 0.471. The van der Waals surface area contributed by atoms with Gasteiger partial charge in [0.2, 0.25) is 6.41 Å². The first-order valence-electron chi connectivity index (χ1n) is 8.83. The Hall–Kier alpha value is -2.97. The first kappa shape index (κ1) is 16.5. The molecule has 0 saturated carbocycles. The topological polar surface area (TPSA) is 109 Å². The Kier molecular flexibility index (Phi) is 4.27. The van der Waals surface area contributed by atoms with E-state index in [0.717, 1.165) is 37.8 Å². The highest BCUT2D eigenvalue weighted by atomic mass is 16.5. The quantitative estimate of drug-likeness (QED) is 0.691. The molecule has 3 aromatic rings. The largest absolute Gasteiger partial charge is 0.345 e. The van der Waals surface area contributed by atoms with E-state index in [4.69, 9.17) is 4.52 Å². The number of fused-ring (bicyclic) bond motifs is 1. The molecule has 0 aromatic carbocycles. The molecule has 1 saturated heterocycles. The molecule has 0 unspecified atom stereocenters. The number of aromatic amines is 1. The second kappa shape index (κ2) is 6.74. The number of H-pyrrole nitrogens is 1. The number of piperidine rings is 1. The zero-order valence-corrected chi connectivity index (χ0v) is 14.5. The standard InChI is InChI=1S/C17H20N6O3/c1-2-3-14-19-17(26-21-14)12-9-18-23-13(8-15(25)20-16(12)23)11-4-6-22(10-24)7-5-11/h8-11H,2-7H2,1H3,(H,20,25). The Morgan fingerprint density at radius 2 is 2.19 bits per heavy atom. The van der Waals surface area contributed by atoms with Crippen molar-refractivity contribution in [3.8, 4) is 11.5 Å². The summed E-state index contributed by atoms with van der Waals surface area (Å²) < 4.78 is 7.08. The lowest BCUT2D eigenvalue weighted by atomic mass is 9.93. The van der Waals surface area contributed by atoms with Crippen LogP contribution >= 0.6 is 0 Å². The van der Waals surface area contributed by atoms with E-state index < -0.39 is 0 Å². The molecular weight excluding hydrogens is 336 g/mol. The molecular formula is C17H20N6O3. The molecule has 3 aromatic heterocycles. The number of likely N-dealkylation sites (tertiary alicyclic amines) is 1. The monoisotopic (exact) mass is 356 g/mol. The molecule has 1 aliphatic heterocycles. The zero-order chi connectivity index (χ0) is 18.1. The van der Waals surface area contributed by atoms with Crippen LogP contribution in [0.15, 0.2) is 21.6 Å². The summed E-state index contributed by atoms with van der Waals surface area (Å²) in [4.78, 5) is 32.1. The van der Waals surface area contributed by atoms with E-state index in [1.165, 1.54) is 0 Å². The van der Waals surface area contributed by atoms with E-state index in [9.17, 15) is 9.59 Å². The SMILES string of the molecule is CCCc1noc(-c2cnn3c(C4CCN(C=O)CC4)cc(=O)[nH]c23)n1. The molecule has 0 bridgehead atoms. The summed E-state index contributed by atoms with van der Waals surface area (Å²) in [7, 11) is 0. The van der Waals surface area contributed by atoms with Gasteiger partial charge in [-0.05, 0) is 19.3 Å². The third-order valence-electron chi connectivity index (χ3n) is 4.80. The molecule has 1 N–H and O–H groups in total. The summed E-state index contributed by atoms with van der Waals surface area (Å²) >= 11 is 0. The van der Waals surface area contributed by atoms with Gasteiger partial charge in [-0.3, -0.25) is 9.59 Å². The number of hydrogen-bond donors (Lipinski definition) is 1. The predicted molar refractivity (Wildman–Crippen MR) is 92.7 cm³/mol. The van der Waals surface area contributed by atoms with Crippen LogP contribution in [0.2, 0.25) is 0 Å². The van der Waals surface area contributed by atoms with Crippen molar-refractivity contribution < 1.29 is 9.32 Å². The average Bonchev–Trinajstić information content (AvgIpc) is 3.28. The Morgan fingerprint density at radius 3 is 2.92 bits per heavy atom. The number of aromatic nitrogens is 5. The summed E-state index contributed by atoms with van der Waals surface area (Å²) in [6.07, 6.45) is 5.77. The third-order valence-corrected chi connectivity index (χ3v) is 4.80. The van der Waals surface area contributed by atoms with Crippen molar-refractivity contribution in [2.75, 3.05) is 13.1 Å². The normalized spacial score (nSPS) is 15.7. The van der Waals surface area contributed by atoms with Crippen molar-refractivity contribution in [2.24, 2.45) is 0 Å². The molecule has 1 aliphatic rings. The maximum absolute atomic E-state index is 12.2. The van der Waals surface area contributed by atoms with Crippen molar-refractivity contribution >= 4 is 12.1 Å². The first-order valence-corrected chi connectivity index (χ1v) is 8.83. The van der Waals surface area contributed by atoms with Crippen LogP contribution in [0.5, 0.6) is 0 Å². The molecule has 4 heterocycles. The number of aryl methyl sites for hydroxylation is 1. The molecule has 26 heavy (non-hydrogen) atoms. The lowest BCUT2D eigenvalue weighted by molar-refractivity contribution is -0.119. The van der Waals surface area contributed by atoms with E-state index >= 15 is 0 Å². The number of amides is 1. The second-order valence-electron chi connectivity index (χ2n) is 6.56. The maximum atomic E-state index is 12.2. The van der Waals surface area contributed by atoms with Crippen LogP contribution in [0.25, 0.3) is 17.1 Å². The number of carbonyl (C=O) groups is 1. The number of nitrogens with zero attached hydrogens (tertiary/aromatic N) is 5. The highest BCUT2D eigenvalue weighted by Crippen LogP contribution is 2.29. The van der Waals surface area contributed by atoms with Crippen molar-refractivity contribution in [3.63, 3.8) is 0 Å². The van der Waals surface area contributed by atoms with Crippen molar-refractivity contribution in [3.05, 3.63) is 34.1 Å². The summed E-state index contributed by atoms with van der Waals surface area (Å²) in [5.74, 6) is 1.16. The Bertz CT molecular complexity index is 980. The molecule has 136 valence electrons. The number of nitrogens with one attached hydrogen (secondary N) is 1. The zero-order valence-electron chi connectivity index (χ0n) is 14.5. The van der Waals surface area contributed by atoms with Gasteiger partial charge >= 0.3 is 0 Å². The minimum atomic E-state index is -0.194. The molecule has 9 heteroatoms. The first-order chi connectivity index (χ1) is 12.7. The fourth-order valence-electron chi connectivity index (χ4n) is 3.45. The van der Waals surface area contributed by atoms with E-state index in [0.29, 0.717) is 36.0 Å². The molecule has 1 amide bonds. The maximum Gasteiger partial charge on any atom is 0.263 e. The fourth-order valence-corrected chi connectivity index (χ4v) is 3.45. The minimum Gasteiger partial charge on any atom is -0.345 e. The summed E-state index contributed by atoms with van der Waals surface area (Å²) in [5.41, 5.74) is 1.82. The second-order valence-corrected chi connectivity index (χ2v) is 6.56. The Balaban J connectivity index is 1.73. The van der Waals surface area contributed by atoms with Crippen LogP contribution in [0.3, 0.4) is 0 Å². The van der Waals surface area contributed by atoms with Gasteiger partial charge in [0.15, 0.2) is 5.82 Å². The van der Waals surface area contributed by atoms with Gasteiger partial charge in [-0.2, -0.15) is 10.1 Å². The Morgan fingerprint density at radius 1 is 1.38 bits per heavy atom. The van der Waals surface area contributed by atoms with Gasteiger partial charge in [-0.25, -0.2) is 4.52 Å². The third kappa shape index (κ3) is 2.89. The number of rotatable bonds is 5. The summed E-state index contributed by atoms with van der Waals surface area (Å²) in [5, 5.41) is 8.41. The Labute approximate surface area is 149 Å². The average molecular weight is 356 g/mol. The van der Waals surface area contributed by atoms with Crippen molar-refractivity contribution in [2.45, 2.75) is 38.5 Å². The van der Waals surface area contributed by atoms with Crippen molar-refractivity contribution in [1.82, 2.24) is 29.6 Å². The highest BCUT2D eigenvalue weighted by molar-refractivity contribution is 5.71. The van der Waals surface area contributed by atoms with E-state index in [1.54, 1.807) is 21.7 Å². The van der Waals surface area contributed by atoms with E-state index in [-0.39, 0.29) is 11.5 Å². The van der Waals surface area contributed by atoms with Crippen LogP contribution in [0.1, 0.15) is 43.6 Å². The van der Waals surface area contributed by atoms with Crippen LogP contribution in [0.4, 0.5) is 0 Å². The van der Waals surface area contributed by atoms with Gasteiger partial charge < -0.3 is 14.4 Å². The predicted octanol–water partition coefficient (Wildman–Crippen LogP) is 1.36. The van der Waals surface area contributed by atoms with Gasteiger partial charge in [0.05, 0.1) is 11.9 Å². The van der Waals surface area contributed by atoms with Gasteiger partial charge in [0.1, 0.15) is 11.2 Å². The lowest BCUT2D eigenvalue weighted by Gasteiger charge is -2.29. The van der Waals surface area contributed by atoms with E-state index in [2.05, 4.69) is 20.2 Å². The molecule has 0 spiro atoms. The van der Waals surface area contributed by atoms with Crippen molar-refractivity contribution in [1.29, 1.82) is 0 Å². The molecule has 4 rings (SSSR count). The smallest absolute Gasteiger partial charge is 0.263 e. The highest BCUT2D eigenvalue weighted by Gasteiger charge is 2.24. The van der Waals surface area contributed by atoms with Crippen LogP contribution in [0, 0.1) is 0 Å². The van der Waals surface area contributed by atoms with E-state index in [1.807, 2.05) is 6.92 Å². The van der Waals surface area contributed by atoms with Gasteiger partial charge in [-0.15, -0.1) is 0 Å². The van der Waals surface area contributed by atoms with Gasteiger partial charge in [0.25, 0.3) is 11.4 Å². The van der Waals surface area contributed by atoms with Crippen LogP contribution < -0.4 is 5.56 Å². The molecule has 0 radical (unpaired) electrons. The molecule has 9 nitrogen and oxygen atoms in total. The summed E-state index contributed by atoms with van der Waals surface area (Å²) in [6, 6.07) is 1.58. The molecule has 1 fully saturated rings. The van der Waals surface area contributed by atoms with Crippen LogP contribution in [-0.2, 0) is 11.2 Å².